The van der Waals surface area contributed by atoms with E-state index >= 15 is 0 Å². The van der Waals surface area contributed by atoms with Crippen molar-refractivity contribution in [2.75, 3.05) is 11.9 Å². The molecule has 3 amide bonds. The smallest absolute Gasteiger partial charge is 0.235 e. The van der Waals surface area contributed by atoms with Crippen LogP contribution < -0.4 is 5.32 Å². The van der Waals surface area contributed by atoms with Gasteiger partial charge in [0.15, 0.2) is 5.13 Å². The van der Waals surface area contributed by atoms with Crippen LogP contribution in [-0.2, 0) is 14.4 Å². The van der Waals surface area contributed by atoms with Gasteiger partial charge in [-0.25, -0.2) is 4.98 Å². The molecule has 31 heavy (non-hydrogen) atoms. The first-order valence-electron chi connectivity index (χ1n) is 10.7. The number of carbonyl (C=O) groups is 3. The monoisotopic (exact) mass is 439 g/mol. The summed E-state index contributed by atoms with van der Waals surface area (Å²) in [7, 11) is 0. The summed E-state index contributed by atoms with van der Waals surface area (Å²) in [6.45, 7) is 10.2. The molecule has 0 spiro atoms. The summed E-state index contributed by atoms with van der Waals surface area (Å²) in [4.78, 5) is 44.3. The number of thiazole rings is 1. The third-order valence-corrected chi connectivity index (χ3v) is 8.38. The molecule has 1 aromatic carbocycles. The molecule has 2 bridgehead atoms. The number of carbonyl (C=O) groups excluding carboxylic acids is 3. The van der Waals surface area contributed by atoms with Crippen LogP contribution in [0, 0.1) is 30.6 Å². The van der Waals surface area contributed by atoms with Crippen LogP contribution in [0.1, 0.15) is 51.2 Å². The minimum absolute atomic E-state index is 0.0687. The maximum atomic E-state index is 13.1. The van der Waals surface area contributed by atoms with Crippen molar-refractivity contribution in [2.24, 2.45) is 16.7 Å². The van der Waals surface area contributed by atoms with Crippen LogP contribution in [0.3, 0.4) is 0 Å². The van der Waals surface area contributed by atoms with E-state index in [1.54, 1.807) is 0 Å². The fourth-order valence-electron chi connectivity index (χ4n) is 4.87. The Morgan fingerprint density at radius 1 is 1.23 bits per heavy atom. The second kappa shape index (κ2) is 7.55. The first-order valence-corrected chi connectivity index (χ1v) is 11.6. The lowest BCUT2D eigenvalue weighted by Gasteiger charge is -2.47. The van der Waals surface area contributed by atoms with Gasteiger partial charge in [-0.3, -0.25) is 19.3 Å². The fourth-order valence-corrected chi connectivity index (χ4v) is 5.61. The standard InChI is InChI=1S/C24H29N3O3S/c1-14-6-7-16(12-15(14)2)18-13-31-22(25-18)26-19(28)9-11-27-20(29)17-8-10-24(5,21(27)30)23(17,3)4/h6-7,12-13,17H,8-11H2,1-5H3,(H,25,26,28). The van der Waals surface area contributed by atoms with Crippen molar-refractivity contribution in [3.8, 4) is 11.3 Å². The molecule has 0 radical (unpaired) electrons. The number of amides is 3. The molecule has 2 heterocycles. The number of aromatic nitrogens is 1. The molecule has 7 heteroatoms. The maximum absolute atomic E-state index is 13.1. The minimum atomic E-state index is -0.543. The lowest BCUT2D eigenvalue weighted by molar-refractivity contribution is -0.167. The van der Waals surface area contributed by atoms with E-state index in [1.165, 1.54) is 27.4 Å². The molecule has 1 aliphatic heterocycles. The number of piperidine rings is 1. The molecule has 1 aromatic heterocycles. The Balaban J connectivity index is 1.39. The molecule has 1 saturated carbocycles. The van der Waals surface area contributed by atoms with Crippen LogP contribution in [0.4, 0.5) is 5.13 Å². The van der Waals surface area contributed by atoms with Crippen LogP contribution in [0.25, 0.3) is 11.3 Å². The molecule has 164 valence electrons. The fraction of sp³-hybridized carbons (Fsp3) is 0.500. The molecule has 1 saturated heterocycles. The largest absolute Gasteiger partial charge is 0.302 e. The van der Waals surface area contributed by atoms with Crippen molar-refractivity contribution in [2.45, 2.75) is 53.9 Å². The van der Waals surface area contributed by atoms with E-state index in [-0.39, 0.29) is 42.0 Å². The number of likely N-dealkylation sites (tertiary alicyclic amines) is 1. The van der Waals surface area contributed by atoms with Crippen LogP contribution in [0.5, 0.6) is 0 Å². The lowest BCUT2D eigenvalue weighted by atomic mass is 9.62. The van der Waals surface area contributed by atoms with Crippen molar-refractivity contribution in [1.29, 1.82) is 0 Å². The Kier molecular flexibility index (Phi) is 5.28. The van der Waals surface area contributed by atoms with Gasteiger partial charge in [-0.1, -0.05) is 32.9 Å². The Labute approximate surface area is 187 Å². The number of anilines is 1. The molecule has 4 rings (SSSR count). The molecule has 2 unspecified atom stereocenters. The Morgan fingerprint density at radius 3 is 2.68 bits per heavy atom. The van der Waals surface area contributed by atoms with Gasteiger partial charge in [0.1, 0.15) is 0 Å². The Bertz CT molecular complexity index is 1070. The number of hydrogen-bond acceptors (Lipinski definition) is 5. The molecule has 1 N–H and O–H groups in total. The van der Waals surface area contributed by atoms with Crippen LogP contribution in [-0.4, -0.2) is 34.2 Å². The van der Waals surface area contributed by atoms with Gasteiger partial charge in [-0.15, -0.1) is 11.3 Å². The predicted octanol–water partition coefficient (Wildman–Crippen LogP) is 4.57. The zero-order valence-corrected chi connectivity index (χ0v) is 19.6. The average Bonchev–Trinajstić information content (AvgIpc) is 3.23. The molecule has 2 fully saturated rings. The van der Waals surface area contributed by atoms with Gasteiger partial charge in [-0.2, -0.15) is 0 Å². The van der Waals surface area contributed by atoms with Crippen LogP contribution in [0.2, 0.25) is 0 Å². The van der Waals surface area contributed by atoms with Crippen molar-refractivity contribution >= 4 is 34.2 Å². The SMILES string of the molecule is Cc1ccc(-c2csc(NC(=O)CCN3C(=O)C4CCC(C)(C3=O)C4(C)C)n2)cc1C. The first kappa shape index (κ1) is 21.7. The van der Waals surface area contributed by atoms with Crippen molar-refractivity contribution in [3.63, 3.8) is 0 Å². The highest BCUT2D eigenvalue weighted by Crippen LogP contribution is 2.60. The molecule has 1 aliphatic carbocycles. The number of fused-ring (bicyclic) bond motifs is 2. The summed E-state index contributed by atoms with van der Waals surface area (Å²) in [6.07, 6.45) is 1.52. The summed E-state index contributed by atoms with van der Waals surface area (Å²) in [5, 5.41) is 5.24. The van der Waals surface area contributed by atoms with Gasteiger partial charge >= 0.3 is 0 Å². The van der Waals surface area contributed by atoms with Crippen LogP contribution >= 0.6 is 11.3 Å². The van der Waals surface area contributed by atoms with E-state index in [2.05, 4.69) is 36.3 Å². The van der Waals surface area contributed by atoms with Gasteiger partial charge in [0, 0.05) is 29.8 Å². The van der Waals surface area contributed by atoms with Gasteiger partial charge in [0.2, 0.25) is 17.7 Å². The number of nitrogens with zero attached hydrogens (tertiary/aromatic N) is 2. The van der Waals surface area contributed by atoms with E-state index in [0.717, 1.165) is 24.1 Å². The number of imide groups is 1. The number of aryl methyl sites for hydroxylation is 2. The lowest BCUT2D eigenvalue weighted by Crippen LogP contribution is -2.59. The van der Waals surface area contributed by atoms with E-state index < -0.39 is 5.41 Å². The van der Waals surface area contributed by atoms with Crippen LogP contribution in [0.15, 0.2) is 23.6 Å². The number of hydrogen-bond donors (Lipinski definition) is 1. The van der Waals surface area contributed by atoms with Crippen molar-refractivity contribution in [1.82, 2.24) is 9.88 Å². The van der Waals surface area contributed by atoms with Crippen molar-refractivity contribution < 1.29 is 14.4 Å². The predicted molar refractivity (Wildman–Crippen MR) is 122 cm³/mol. The normalized spacial score (nSPS) is 24.5. The molecule has 2 aromatic rings. The molecule has 6 nitrogen and oxygen atoms in total. The van der Waals surface area contributed by atoms with E-state index in [1.807, 2.05) is 32.2 Å². The summed E-state index contributed by atoms with van der Waals surface area (Å²) < 4.78 is 0. The number of benzene rings is 1. The third kappa shape index (κ3) is 3.49. The Hall–Kier alpha value is -2.54. The zero-order valence-electron chi connectivity index (χ0n) is 18.7. The molecular weight excluding hydrogens is 410 g/mol. The highest BCUT2D eigenvalue weighted by Gasteiger charge is 2.64. The first-order chi connectivity index (χ1) is 14.5. The van der Waals surface area contributed by atoms with Gasteiger partial charge in [-0.05, 0) is 49.3 Å². The molecule has 2 atom stereocenters. The van der Waals surface area contributed by atoms with Crippen molar-refractivity contribution in [3.05, 3.63) is 34.7 Å². The second-order valence-corrected chi connectivity index (χ2v) is 10.4. The summed E-state index contributed by atoms with van der Waals surface area (Å²) >= 11 is 1.36. The van der Waals surface area contributed by atoms with E-state index in [0.29, 0.717) is 5.13 Å². The van der Waals surface area contributed by atoms with E-state index in [9.17, 15) is 14.4 Å². The third-order valence-electron chi connectivity index (χ3n) is 7.62. The minimum Gasteiger partial charge on any atom is -0.302 e. The average molecular weight is 440 g/mol. The van der Waals surface area contributed by atoms with Gasteiger partial charge < -0.3 is 5.32 Å². The number of nitrogens with one attached hydrogen (secondary N) is 1. The summed E-state index contributed by atoms with van der Waals surface area (Å²) in [5.41, 5.74) is 3.36. The Morgan fingerprint density at radius 2 is 1.97 bits per heavy atom. The highest BCUT2D eigenvalue weighted by atomic mass is 32.1. The van der Waals surface area contributed by atoms with Gasteiger partial charge in [0.05, 0.1) is 11.1 Å². The zero-order chi connectivity index (χ0) is 22.6. The molecular formula is C24H29N3O3S. The number of rotatable bonds is 5. The second-order valence-electron chi connectivity index (χ2n) is 9.58. The highest BCUT2D eigenvalue weighted by molar-refractivity contribution is 7.14. The molecule has 2 aliphatic rings. The van der Waals surface area contributed by atoms with Gasteiger partial charge in [0.25, 0.3) is 0 Å². The summed E-state index contributed by atoms with van der Waals surface area (Å²) in [5.74, 6) is -0.680. The summed E-state index contributed by atoms with van der Waals surface area (Å²) in [6, 6.07) is 6.16. The quantitative estimate of drug-likeness (QED) is 0.692. The van der Waals surface area contributed by atoms with E-state index in [4.69, 9.17) is 0 Å². The topological polar surface area (TPSA) is 79.4 Å². The maximum Gasteiger partial charge on any atom is 0.235 e.